The van der Waals surface area contributed by atoms with Gasteiger partial charge in [0.25, 0.3) is 5.91 Å². The van der Waals surface area contributed by atoms with Crippen LogP contribution in [-0.2, 0) is 9.53 Å². The fourth-order valence-electron chi connectivity index (χ4n) is 3.27. The second kappa shape index (κ2) is 9.23. The summed E-state index contributed by atoms with van der Waals surface area (Å²) in [7, 11) is 0. The molecule has 1 atom stereocenters. The molecule has 0 bridgehead atoms. The van der Waals surface area contributed by atoms with Gasteiger partial charge in [0.15, 0.2) is 6.61 Å². The molecular formula is C22H20N2O4S2. The summed E-state index contributed by atoms with van der Waals surface area (Å²) in [6.45, 7) is 1.87. The standard InChI is InChI=1S/C22H20N2O4S2/c1-2-27-21(25)14-28-18-8-4-3-7-15(18)17-13-16(19-9-5-11-29-19)23-24(17)22(26)20-10-6-12-30-20/h3-12,17H,2,13-14H2,1H3. The quantitative estimate of drug-likeness (QED) is 0.498. The third kappa shape index (κ3) is 4.29. The van der Waals surface area contributed by atoms with Crippen LogP contribution in [0.25, 0.3) is 0 Å². The Bertz CT molecular complexity index is 1050. The van der Waals surface area contributed by atoms with E-state index in [0.29, 0.717) is 23.7 Å². The molecule has 0 spiro atoms. The van der Waals surface area contributed by atoms with Gasteiger partial charge in [0.1, 0.15) is 5.75 Å². The van der Waals surface area contributed by atoms with Gasteiger partial charge in [0.2, 0.25) is 0 Å². The second-order valence-corrected chi connectivity index (χ2v) is 8.40. The molecule has 0 aliphatic carbocycles. The molecule has 30 heavy (non-hydrogen) atoms. The minimum absolute atomic E-state index is 0.151. The number of esters is 1. The SMILES string of the molecule is CCOC(=O)COc1ccccc1C1CC(c2cccs2)=NN1C(=O)c1cccs1. The van der Waals surface area contributed by atoms with E-state index in [9.17, 15) is 9.59 Å². The maximum Gasteiger partial charge on any atom is 0.344 e. The van der Waals surface area contributed by atoms with Crippen LogP contribution < -0.4 is 4.74 Å². The van der Waals surface area contributed by atoms with Gasteiger partial charge in [0.05, 0.1) is 28.1 Å². The lowest BCUT2D eigenvalue weighted by Crippen LogP contribution is -2.27. The normalized spacial score (nSPS) is 15.7. The van der Waals surface area contributed by atoms with Gasteiger partial charge in [-0.3, -0.25) is 4.79 Å². The van der Waals surface area contributed by atoms with Gasteiger partial charge >= 0.3 is 5.97 Å². The highest BCUT2D eigenvalue weighted by Crippen LogP contribution is 2.39. The summed E-state index contributed by atoms with van der Waals surface area (Å²) >= 11 is 2.98. The Labute approximate surface area is 182 Å². The Hall–Kier alpha value is -2.97. The van der Waals surface area contributed by atoms with Crippen LogP contribution in [0.5, 0.6) is 5.75 Å². The fraction of sp³-hybridized carbons (Fsp3) is 0.227. The molecule has 1 amide bonds. The van der Waals surface area contributed by atoms with Crippen molar-refractivity contribution in [3.05, 3.63) is 74.6 Å². The first-order valence-corrected chi connectivity index (χ1v) is 11.3. The molecular weight excluding hydrogens is 420 g/mol. The number of hydrogen-bond acceptors (Lipinski definition) is 7. The summed E-state index contributed by atoms with van der Waals surface area (Å²) in [5.41, 5.74) is 1.67. The molecule has 2 aromatic heterocycles. The zero-order valence-electron chi connectivity index (χ0n) is 16.3. The van der Waals surface area contributed by atoms with Crippen molar-refractivity contribution < 1.29 is 19.1 Å². The number of carbonyl (C=O) groups is 2. The molecule has 0 fully saturated rings. The number of para-hydroxylation sites is 1. The maximum atomic E-state index is 13.2. The predicted octanol–water partition coefficient (Wildman–Crippen LogP) is 4.74. The second-order valence-electron chi connectivity index (χ2n) is 6.50. The van der Waals surface area contributed by atoms with Crippen LogP contribution in [0.15, 0.2) is 64.4 Å². The number of hydrogen-bond donors (Lipinski definition) is 0. The Kier molecular flexibility index (Phi) is 6.25. The number of ether oxygens (including phenoxy) is 2. The number of carbonyl (C=O) groups excluding carboxylic acids is 2. The summed E-state index contributed by atoms with van der Waals surface area (Å²) in [6.07, 6.45) is 0.567. The van der Waals surface area contributed by atoms with Crippen LogP contribution in [0, 0.1) is 0 Å². The van der Waals surface area contributed by atoms with E-state index >= 15 is 0 Å². The number of nitrogens with zero attached hydrogens (tertiary/aromatic N) is 2. The van der Waals surface area contributed by atoms with Crippen LogP contribution in [0.3, 0.4) is 0 Å². The summed E-state index contributed by atoms with van der Waals surface area (Å²) in [5, 5.41) is 10.1. The topological polar surface area (TPSA) is 68.2 Å². The number of hydrazone groups is 1. The smallest absolute Gasteiger partial charge is 0.344 e. The predicted molar refractivity (Wildman–Crippen MR) is 117 cm³/mol. The number of amides is 1. The summed E-state index contributed by atoms with van der Waals surface area (Å²) in [5.74, 6) is -0.0373. The average Bonchev–Trinajstić information content (AvgIpc) is 3.53. The first kappa shape index (κ1) is 20.3. The van der Waals surface area contributed by atoms with Crippen molar-refractivity contribution in [2.24, 2.45) is 5.10 Å². The minimum Gasteiger partial charge on any atom is -0.482 e. The van der Waals surface area contributed by atoms with Gasteiger partial charge in [0, 0.05) is 12.0 Å². The van der Waals surface area contributed by atoms with E-state index in [2.05, 4.69) is 5.10 Å². The molecule has 1 aliphatic heterocycles. The third-order valence-corrected chi connectivity index (χ3v) is 6.36. The molecule has 3 heterocycles. The van der Waals surface area contributed by atoms with Gasteiger partial charge in [-0.15, -0.1) is 22.7 Å². The average molecular weight is 441 g/mol. The minimum atomic E-state index is -0.430. The molecule has 4 rings (SSSR count). The van der Waals surface area contributed by atoms with Gasteiger partial charge in [-0.25, -0.2) is 9.80 Å². The van der Waals surface area contributed by atoms with E-state index < -0.39 is 5.97 Å². The Balaban J connectivity index is 1.65. The lowest BCUT2D eigenvalue weighted by Gasteiger charge is -2.23. The largest absolute Gasteiger partial charge is 0.482 e. The first-order valence-electron chi connectivity index (χ1n) is 9.53. The lowest BCUT2D eigenvalue weighted by atomic mass is 10.00. The Morgan fingerprint density at radius 2 is 1.90 bits per heavy atom. The molecule has 0 N–H and O–H groups in total. The van der Waals surface area contributed by atoms with Gasteiger partial charge in [-0.1, -0.05) is 30.3 Å². The van der Waals surface area contributed by atoms with Crippen LogP contribution in [0.4, 0.5) is 0 Å². The molecule has 3 aromatic rings. The zero-order valence-corrected chi connectivity index (χ0v) is 17.9. The molecule has 154 valence electrons. The van der Waals surface area contributed by atoms with Gasteiger partial charge in [-0.05, 0) is 35.9 Å². The van der Waals surface area contributed by atoms with Crippen LogP contribution >= 0.6 is 22.7 Å². The van der Waals surface area contributed by atoms with Crippen LogP contribution in [0.2, 0.25) is 0 Å². The van der Waals surface area contributed by atoms with E-state index in [4.69, 9.17) is 9.47 Å². The molecule has 0 saturated heterocycles. The van der Waals surface area contributed by atoms with Gasteiger partial charge in [-0.2, -0.15) is 5.10 Å². The van der Waals surface area contributed by atoms with Crippen molar-refractivity contribution in [1.82, 2.24) is 5.01 Å². The highest BCUT2D eigenvalue weighted by atomic mass is 32.1. The lowest BCUT2D eigenvalue weighted by molar-refractivity contribution is -0.145. The first-order chi connectivity index (χ1) is 14.7. The van der Waals surface area contributed by atoms with Crippen molar-refractivity contribution in [3.8, 4) is 5.75 Å². The van der Waals surface area contributed by atoms with Crippen molar-refractivity contribution >= 4 is 40.3 Å². The number of benzene rings is 1. The fourth-order valence-corrected chi connectivity index (χ4v) is 4.65. The molecule has 1 aromatic carbocycles. The molecule has 1 aliphatic rings. The Morgan fingerprint density at radius 3 is 2.63 bits per heavy atom. The summed E-state index contributed by atoms with van der Waals surface area (Å²) < 4.78 is 10.7. The number of rotatable bonds is 7. The van der Waals surface area contributed by atoms with Crippen molar-refractivity contribution in [2.45, 2.75) is 19.4 Å². The monoisotopic (exact) mass is 440 g/mol. The van der Waals surface area contributed by atoms with E-state index in [0.717, 1.165) is 16.2 Å². The maximum absolute atomic E-state index is 13.2. The van der Waals surface area contributed by atoms with Gasteiger partial charge < -0.3 is 9.47 Å². The van der Waals surface area contributed by atoms with E-state index in [1.54, 1.807) is 30.4 Å². The number of thiophene rings is 2. The Morgan fingerprint density at radius 1 is 1.10 bits per heavy atom. The van der Waals surface area contributed by atoms with Crippen molar-refractivity contribution in [1.29, 1.82) is 0 Å². The molecule has 0 saturated carbocycles. The summed E-state index contributed by atoms with van der Waals surface area (Å²) in [6, 6.07) is 14.7. The molecule has 6 nitrogen and oxygen atoms in total. The highest BCUT2D eigenvalue weighted by Gasteiger charge is 2.36. The van der Waals surface area contributed by atoms with E-state index in [-0.39, 0.29) is 18.6 Å². The van der Waals surface area contributed by atoms with Crippen LogP contribution in [0.1, 0.15) is 39.5 Å². The third-order valence-electron chi connectivity index (χ3n) is 4.58. The highest BCUT2D eigenvalue weighted by molar-refractivity contribution is 7.12. The van der Waals surface area contributed by atoms with E-state index in [1.165, 1.54) is 16.3 Å². The van der Waals surface area contributed by atoms with Crippen molar-refractivity contribution in [3.63, 3.8) is 0 Å². The van der Waals surface area contributed by atoms with Crippen molar-refractivity contribution in [2.75, 3.05) is 13.2 Å². The molecule has 1 unspecified atom stereocenters. The zero-order chi connectivity index (χ0) is 20.9. The van der Waals surface area contributed by atoms with Crippen LogP contribution in [-0.4, -0.2) is 35.8 Å². The van der Waals surface area contributed by atoms with E-state index in [1.807, 2.05) is 47.2 Å². The molecule has 0 radical (unpaired) electrons. The molecule has 8 heteroatoms. The summed E-state index contributed by atoms with van der Waals surface area (Å²) in [4.78, 5) is 26.6.